The maximum atomic E-state index is 12.4. The molecule has 2 rings (SSSR count). The normalized spacial score (nSPS) is 14.7. The zero-order valence-corrected chi connectivity index (χ0v) is 12.0. The topological polar surface area (TPSA) is 66.4 Å². The van der Waals surface area contributed by atoms with Gasteiger partial charge in [0.1, 0.15) is 0 Å². The van der Waals surface area contributed by atoms with E-state index in [1.807, 2.05) is 6.07 Å². The summed E-state index contributed by atoms with van der Waals surface area (Å²) in [6.07, 6.45) is 0. The van der Waals surface area contributed by atoms with E-state index in [9.17, 15) is 13.5 Å². The second-order valence-electron chi connectivity index (χ2n) is 4.77. The standard InChI is InChI=1S/C15H17NO3S/c1-15(12-17,13-8-4-2-5-9-13)16-20(18,19)14-10-6-3-7-11-14/h2-11,16-17H,12H2,1H3/t15-/m0/s1. The third-order valence-electron chi connectivity index (χ3n) is 3.14. The Morgan fingerprint density at radius 3 is 2.00 bits per heavy atom. The van der Waals surface area contributed by atoms with Crippen LogP contribution in [0.3, 0.4) is 0 Å². The van der Waals surface area contributed by atoms with E-state index in [1.165, 1.54) is 12.1 Å². The summed E-state index contributed by atoms with van der Waals surface area (Å²) >= 11 is 0. The van der Waals surface area contributed by atoms with Crippen molar-refractivity contribution in [3.63, 3.8) is 0 Å². The van der Waals surface area contributed by atoms with E-state index in [0.29, 0.717) is 5.56 Å². The summed E-state index contributed by atoms with van der Waals surface area (Å²) < 4.78 is 27.3. The summed E-state index contributed by atoms with van der Waals surface area (Å²) in [6, 6.07) is 17.1. The lowest BCUT2D eigenvalue weighted by Crippen LogP contribution is -2.46. The fraction of sp³-hybridized carbons (Fsp3) is 0.200. The van der Waals surface area contributed by atoms with Gasteiger partial charge in [0.2, 0.25) is 10.0 Å². The number of hydrogen-bond donors (Lipinski definition) is 2. The maximum absolute atomic E-state index is 12.4. The smallest absolute Gasteiger partial charge is 0.241 e. The first kappa shape index (κ1) is 14.7. The van der Waals surface area contributed by atoms with Crippen LogP contribution in [0, 0.1) is 0 Å². The summed E-state index contributed by atoms with van der Waals surface area (Å²) in [5.41, 5.74) is -0.349. The third-order valence-corrected chi connectivity index (χ3v) is 4.75. The van der Waals surface area contributed by atoms with Gasteiger partial charge in [0.15, 0.2) is 0 Å². The van der Waals surface area contributed by atoms with Crippen LogP contribution in [-0.4, -0.2) is 20.1 Å². The Bertz CT molecular complexity index is 656. The van der Waals surface area contributed by atoms with Crippen LogP contribution in [-0.2, 0) is 15.6 Å². The second kappa shape index (κ2) is 5.75. The SMILES string of the molecule is C[C@@](CO)(NS(=O)(=O)c1ccccc1)c1ccccc1. The van der Waals surface area contributed by atoms with E-state index >= 15 is 0 Å². The van der Waals surface area contributed by atoms with E-state index in [1.54, 1.807) is 49.4 Å². The summed E-state index contributed by atoms with van der Waals surface area (Å²) in [7, 11) is -3.69. The van der Waals surface area contributed by atoms with E-state index in [-0.39, 0.29) is 11.5 Å². The zero-order valence-electron chi connectivity index (χ0n) is 11.2. The molecule has 0 saturated heterocycles. The lowest BCUT2D eigenvalue weighted by Gasteiger charge is -2.29. The molecule has 0 aliphatic heterocycles. The molecule has 0 bridgehead atoms. The molecule has 0 radical (unpaired) electrons. The number of sulfonamides is 1. The van der Waals surface area contributed by atoms with Crippen molar-refractivity contribution in [3.8, 4) is 0 Å². The first-order chi connectivity index (χ1) is 9.48. The van der Waals surface area contributed by atoms with Gasteiger partial charge in [-0.05, 0) is 24.6 Å². The molecule has 1 atom stereocenters. The molecule has 4 nitrogen and oxygen atoms in total. The molecule has 0 amide bonds. The molecule has 20 heavy (non-hydrogen) atoms. The van der Waals surface area contributed by atoms with Gasteiger partial charge in [0.25, 0.3) is 0 Å². The number of hydrogen-bond acceptors (Lipinski definition) is 3. The maximum Gasteiger partial charge on any atom is 0.241 e. The first-order valence-corrected chi connectivity index (χ1v) is 7.72. The van der Waals surface area contributed by atoms with Gasteiger partial charge in [-0.1, -0.05) is 48.5 Å². The van der Waals surface area contributed by atoms with E-state index in [0.717, 1.165) is 0 Å². The number of aliphatic hydroxyl groups is 1. The third kappa shape index (κ3) is 3.07. The van der Waals surface area contributed by atoms with Crippen LogP contribution in [0.5, 0.6) is 0 Å². The highest BCUT2D eigenvalue weighted by atomic mass is 32.2. The van der Waals surface area contributed by atoms with Crippen molar-refractivity contribution in [2.45, 2.75) is 17.4 Å². The van der Waals surface area contributed by atoms with Crippen molar-refractivity contribution >= 4 is 10.0 Å². The minimum atomic E-state index is -3.69. The molecule has 0 aromatic heterocycles. The van der Waals surface area contributed by atoms with E-state index in [4.69, 9.17) is 0 Å². The van der Waals surface area contributed by atoms with Crippen LogP contribution in [0.25, 0.3) is 0 Å². The predicted octanol–water partition coefficient (Wildman–Crippen LogP) is 1.87. The average Bonchev–Trinajstić information content (AvgIpc) is 2.48. The highest BCUT2D eigenvalue weighted by Crippen LogP contribution is 2.23. The summed E-state index contributed by atoms with van der Waals surface area (Å²) in [5.74, 6) is 0. The highest BCUT2D eigenvalue weighted by molar-refractivity contribution is 7.89. The van der Waals surface area contributed by atoms with Gasteiger partial charge in [-0.15, -0.1) is 0 Å². The van der Waals surface area contributed by atoms with Gasteiger partial charge in [-0.25, -0.2) is 8.42 Å². The van der Waals surface area contributed by atoms with Crippen molar-refractivity contribution in [2.75, 3.05) is 6.61 Å². The molecule has 0 saturated carbocycles. The van der Waals surface area contributed by atoms with Gasteiger partial charge >= 0.3 is 0 Å². The van der Waals surface area contributed by atoms with Crippen molar-refractivity contribution in [1.82, 2.24) is 4.72 Å². The van der Waals surface area contributed by atoms with E-state index < -0.39 is 15.6 Å². The van der Waals surface area contributed by atoms with Crippen molar-refractivity contribution < 1.29 is 13.5 Å². The number of nitrogens with one attached hydrogen (secondary N) is 1. The molecule has 106 valence electrons. The van der Waals surface area contributed by atoms with Gasteiger partial charge in [-0.3, -0.25) is 0 Å². The Hall–Kier alpha value is -1.69. The zero-order chi connectivity index (χ0) is 14.6. The molecular weight excluding hydrogens is 274 g/mol. The van der Waals surface area contributed by atoms with Crippen LogP contribution in [0.4, 0.5) is 0 Å². The van der Waals surface area contributed by atoms with Gasteiger partial charge in [0.05, 0.1) is 17.0 Å². The average molecular weight is 291 g/mol. The van der Waals surface area contributed by atoms with Gasteiger partial charge < -0.3 is 5.11 Å². The minimum absolute atomic E-state index is 0.176. The van der Waals surface area contributed by atoms with Crippen LogP contribution in [0.2, 0.25) is 0 Å². The Morgan fingerprint density at radius 2 is 1.50 bits per heavy atom. The van der Waals surface area contributed by atoms with Crippen LogP contribution >= 0.6 is 0 Å². The molecule has 0 spiro atoms. The quantitative estimate of drug-likeness (QED) is 0.884. The number of benzene rings is 2. The Kier molecular flexibility index (Phi) is 4.23. The summed E-state index contributed by atoms with van der Waals surface area (Å²) in [4.78, 5) is 0.176. The molecule has 0 unspecified atom stereocenters. The molecule has 0 aliphatic rings. The molecule has 0 fully saturated rings. The van der Waals surface area contributed by atoms with Crippen molar-refractivity contribution in [3.05, 3.63) is 66.2 Å². The fourth-order valence-corrected chi connectivity index (χ4v) is 3.35. The molecule has 5 heteroatoms. The molecule has 0 heterocycles. The second-order valence-corrected chi connectivity index (χ2v) is 6.46. The van der Waals surface area contributed by atoms with Crippen molar-refractivity contribution in [1.29, 1.82) is 0 Å². The molecule has 2 N–H and O–H groups in total. The van der Waals surface area contributed by atoms with Crippen LogP contribution in [0.15, 0.2) is 65.6 Å². The van der Waals surface area contributed by atoms with Crippen LogP contribution < -0.4 is 4.72 Å². The molecular formula is C15H17NO3S. The highest BCUT2D eigenvalue weighted by Gasteiger charge is 2.31. The number of aliphatic hydroxyl groups excluding tert-OH is 1. The Morgan fingerprint density at radius 1 is 1.00 bits per heavy atom. The Balaban J connectivity index is 2.36. The minimum Gasteiger partial charge on any atom is -0.394 e. The van der Waals surface area contributed by atoms with E-state index in [2.05, 4.69) is 4.72 Å². The predicted molar refractivity (Wildman–Crippen MR) is 77.6 cm³/mol. The summed E-state index contributed by atoms with van der Waals surface area (Å²) in [6.45, 7) is 1.33. The summed E-state index contributed by atoms with van der Waals surface area (Å²) in [5, 5.41) is 9.62. The lowest BCUT2D eigenvalue weighted by molar-refractivity contribution is 0.196. The Labute approximate surface area is 119 Å². The largest absolute Gasteiger partial charge is 0.394 e. The molecule has 0 aliphatic carbocycles. The van der Waals surface area contributed by atoms with Gasteiger partial charge in [-0.2, -0.15) is 4.72 Å². The first-order valence-electron chi connectivity index (χ1n) is 6.23. The molecule has 2 aromatic rings. The van der Waals surface area contributed by atoms with Gasteiger partial charge in [0, 0.05) is 0 Å². The lowest BCUT2D eigenvalue weighted by atomic mass is 9.94. The van der Waals surface area contributed by atoms with Crippen molar-refractivity contribution in [2.24, 2.45) is 0 Å². The molecule has 2 aromatic carbocycles. The monoisotopic (exact) mass is 291 g/mol. The van der Waals surface area contributed by atoms with Crippen LogP contribution in [0.1, 0.15) is 12.5 Å². The number of rotatable bonds is 5. The fourth-order valence-electron chi connectivity index (χ4n) is 1.94.